The number of anilines is 3. The van der Waals surface area contributed by atoms with E-state index in [9.17, 15) is 13.6 Å². The monoisotopic (exact) mass is 370 g/mol. The summed E-state index contributed by atoms with van der Waals surface area (Å²) in [5, 5.41) is 12.7. The summed E-state index contributed by atoms with van der Waals surface area (Å²) in [4.78, 5) is 12.3. The summed E-state index contributed by atoms with van der Waals surface area (Å²) in [6.07, 6.45) is 0. The molecular formula is C18H12F2N4O3. The maximum absolute atomic E-state index is 13.6. The number of benzene rings is 2. The molecule has 0 radical (unpaired) electrons. The van der Waals surface area contributed by atoms with Crippen LogP contribution in [0.15, 0.2) is 48.5 Å². The third-order valence-electron chi connectivity index (χ3n) is 3.74. The van der Waals surface area contributed by atoms with Gasteiger partial charge in [-0.1, -0.05) is 6.07 Å². The summed E-state index contributed by atoms with van der Waals surface area (Å²) in [6, 6.07) is 11.2. The number of hydrogen-bond acceptors (Lipinski definition) is 6. The fraction of sp³-hybridized carbons (Fsp3) is 0.0556. The summed E-state index contributed by atoms with van der Waals surface area (Å²) in [5.74, 6) is -0.791. The highest BCUT2D eigenvalue weighted by Crippen LogP contribution is 2.34. The molecule has 1 amide bonds. The second kappa shape index (κ2) is 6.87. The van der Waals surface area contributed by atoms with E-state index in [0.29, 0.717) is 17.2 Å². The first-order valence-corrected chi connectivity index (χ1v) is 7.86. The molecule has 0 bridgehead atoms. The summed E-state index contributed by atoms with van der Waals surface area (Å²) in [6.45, 7) is 0.134. The van der Waals surface area contributed by atoms with Crippen molar-refractivity contribution in [1.29, 1.82) is 0 Å². The number of carbonyl (C=O) groups is 1. The number of halogens is 2. The van der Waals surface area contributed by atoms with Crippen LogP contribution >= 0.6 is 0 Å². The van der Waals surface area contributed by atoms with Crippen molar-refractivity contribution in [1.82, 2.24) is 10.2 Å². The number of rotatable bonds is 4. The Morgan fingerprint density at radius 3 is 2.48 bits per heavy atom. The predicted octanol–water partition coefficient (Wildman–Crippen LogP) is 3.48. The predicted molar refractivity (Wildman–Crippen MR) is 92.2 cm³/mol. The van der Waals surface area contributed by atoms with Crippen molar-refractivity contribution in [2.45, 2.75) is 0 Å². The average Bonchev–Trinajstić information content (AvgIpc) is 3.13. The highest BCUT2D eigenvalue weighted by atomic mass is 19.1. The largest absolute Gasteiger partial charge is 0.454 e. The van der Waals surface area contributed by atoms with Crippen molar-refractivity contribution in [2.75, 3.05) is 17.4 Å². The molecule has 1 aliphatic rings. The van der Waals surface area contributed by atoms with Crippen molar-refractivity contribution in [2.24, 2.45) is 0 Å². The number of para-hydroxylation sites is 1. The fourth-order valence-corrected chi connectivity index (χ4v) is 2.43. The first kappa shape index (κ1) is 16.7. The Morgan fingerprint density at radius 1 is 0.963 bits per heavy atom. The van der Waals surface area contributed by atoms with Gasteiger partial charge in [0.05, 0.1) is 0 Å². The van der Waals surface area contributed by atoms with E-state index in [-0.39, 0.29) is 24.0 Å². The summed E-state index contributed by atoms with van der Waals surface area (Å²) in [7, 11) is 0. The fourth-order valence-electron chi connectivity index (χ4n) is 2.43. The van der Waals surface area contributed by atoms with E-state index in [2.05, 4.69) is 20.8 Å². The number of ether oxygens (including phenoxy) is 2. The van der Waals surface area contributed by atoms with E-state index in [4.69, 9.17) is 9.47 Å². The van der Waals surface area contributed by atoms with Crippen LogP contribution in [0.3, 0.4) is 0 Å². The molecule has 0 unspecified atom stereocenters. The first-order chi connectivity index (χ1) is 13.1. The van der Waals surface area contributed by atoms with Crippen molar-refractivity contribution in [3.05, 3.63) is 65.9 Å². The molecule has 136 valence electrons. The van der Waals surface area contributed by atoms with Crippen LogP contribution in [0.25, 0.3) is 0 Å². The number of nitrogens with one attached hydrogen (secondary N) is 2. The van der Waals surface area contributed by atoms with Gasteiger partial charge in [0.15, 0.2) is 23.0 Å². The lowest BCUT2D eigenvalue weighted by Crippen LogP contribution is -2.14. The highest BCUT2D eigenvalue weighted by molar-refractivity contribution is 6.03. The molecule has 9 heteroatoms. The molecule has 0 aliphatic carbocycles. The number of fused-ring (bicyclic) bond motifs is 1. The summed E-state index contributed by atoms with van der Waals surface area (Å²) < 4.78 is 37.7. The van der Waals surface area contributed by atoms with E-state index in [1.807, 2.05) is 0 Å². The number of amides is 1. The minimum atomic E-state index is -0.763. The van der Waals surface area contributed by atoms with E-state index in [0.717, 1.165) is 12.1 Å². The lowest BCUT2D eigenvalue weighted by Gasteiger charge is -2.08. The number of aromatic nitrogens is 2. The SMILES string of the molecule is O=C(Nc1ccc2c(c1)OCO2)c1ccc(Nc2c(F)cccc2F)nn1. The molecular weight excluding hydrogens is 358 g/mol. The lowest BCUT2D eigenvalue weighted by molar-refractivity contribution is 0.102. The number of hydrogen-bond donors (Lipinski definition) is 2. The molecule has 2 aromatic carbocycles. The number of carbonyl (C=O) groups excluding carboxylic acids is 1. The molecule has 3 aromatic rings. The van der Waals surface area contributed by atoms with Crippen LogP contribution in [0.2, 0.25) is 0 Å². The Kier molecular flexibility index (Phi) is 4.25. The molecule has 7 nitrogen and oxygen atoms in total. The van der Waals surface area contributed by atoms with E-state index in [1.165, 1.54) is 18.2 Å². The van der Waals surface area contributed by atoms with Crippen LogP contribution < -0.4 is 20.1 Å². The van der Waals surface area contributed by atoms with Crippen LogP contribution in [0.4, 0.5) is 26.0 Å². The van der Waals surface area contributed by atoms with Gasteiger partial charge in [0, 0.05) is 11.8 Å². The maximum Gasteiger partial charge on any atom is 0.276 e. The van der Waals surface area contributed by atoms with Crippen LogP contribution in [-0.4, -0.2) is 22.9 Å². The Labute approximate surface area is 151 Å². The van der Waals surface area contributed by atoms with Crippen molar-refractivity contribution >= 4 is 23.1 Å². The van der Waals surface area contributed by atoms with Gasteiger partial charge < -0.3 is 20.1 Å². The van der Waals surface area contributed by atoms with Crippen LogP contribution in [0.1, 0.15) is 10.5 Å². The minimum Gasteiger partial charge on any atom is -0.454 e. The van der Waals surface area contributed by atoms with Crippen molar-refractivity contribution < 1.29 is 23.0 Å². The molecule has 0 fully saturated rings. The normalized spacial score (nSPS) is 11.9. The van der Waals surface area contributed by atoms with Gasteiger partial charge in [-0.15, -0.1) is 10.2 Å². The van der Waals surface area contributed by atoms with Crippen LogP contribution in [-0.2, 0) is 0 Å². The average molecular weight is 370 g/mol. The molecule has 0 spiro atoms. The van der Waals surface area contributed by atoms with Gasteiger partial charge in [0.2, 0.25) is 6.79 Å². The zero-order chi connectivity index (χ0) is 18.8. The molecule has 0 saturated carbocycles. The zero-order valence-electron chi connectivity index (χ0n) is 13.7. The number of nitrogens with zero attached hydrogens (tertiary/aromatic N) is 2. The topological polar surface area (TPSA) is 85.4 Å². The highest BCUT2D eigenvalue weighted by Gasteiger charge is 2.16. The minimum absolute atomic E-state index is 0.0345. The molecule has 1 aromatic heterocycles. The molecule has 27 heavy (non-hydrogen) atoms. The Balaban J connectivity index is 1.46. The van der Waals surface area contributed by atoms with Gasteiger partial charge in [0.25, 0.3) is 5.91 Å². The van der Waals surface area contributed by atoms with Gasteiger partial charge >= 0.3 is 0 Å². The Hall–Kier alpha value is -3.75. The van der Waals surface area contributed by atoms with E-state index in [1.54, 1.807) is 18.2 Å². The van der Waals surface area contributed by atoms with Gasteiger partial charge in [-0.3, -0.25) is 4.79 Å². The van der Waals surface area contributed by atoms with Crippen molar-refractivity contribution in [3.63, 3.8) is 0 Å². The van der Waals surface area contributed by atoms with Gasteiger partial charge in [-0.25, -0.2) is 8.78 Å². The summed E-state index contributed by atoms with van der Waals surface area (Å²) in [5.41, 5.74) is 0.193. The first-order valence-electron chi connectivity index (χ1n) is 7.86. The van der Waals surface area contributed by atoms with Gasteiger partial charge in [-0.05, 0) is 36.4 Å². The molecule has 2 N–H and O–H groups in total. The lowest BCUT2D eigenvalue weighted by atomic mass is 10.2. The van der Waals surface area contributed by atoms with Crippen LogP contribution in [0, 0.1) is 11.6 Å². The molecule has 4 rings (SSSR count). The van der Waals surface area contributed by atoms with E-state index >= 15 is 0 Å². The maximum atomic E-state index is 13.6. The second-order valence-electron chi connectivity index (χ2n) is 5.55. The Bertz CT molecular complexity index is 992. The third kappa shape index (κ3) is 3.47. The van der Waals surface area contributed by atoms with E-state index < -0.39 is 17.5 Å². The molecule has 1 aliphatic heterocycles. The van der Waals surface area contributed by atoms with Gasteiger partial charge in [0.1, 0.15) is 17.3 Å². The van der Waals surface area contributed by atoms with Gasteiger partial charge in [-0.2, -0.15) is 0 Å². The smallest absolute Gasteiger partial charge is 0.276 e. The quantitative estimate of drug-likeness (QED) is 0.731. The Morgan fingerprint density at radius 2 is 1.74 bits per heavy atom. The third-order valence-corrected chi connectivity index (χ3v) is 3.74. The van der Waals surface area contributed by atoms with Crippen molar-refractivity contribution in [3.8, 4) is 11.5 Å². The standard InChI is InChI=1S/C18H12F2N4O3/c19-11-2-1-3-12(20)17(11)22-16-7-5-13(23-24-16)18(25)21-10-4-6-14-15(8-10)27-9-26-14/h1-8H,9H2,(H,21,25)(H,22,24). The zero-order valence-corrected chi connectivity index (χ0v) is 13.7. The molecule has 0 saturated heterocycles. The molecule has 0 atom stereocenters. The second-order valence-corrected chi connectivity index (χ2v) is 5.55. The van der Waals surface area contributed by atoms with Crippen LogP contribution in [0.5, 0.6) is 11.5 Å². The molecule has 2 heterocycles. The summed E-state index contributed by atoms with van der Waals surface area (Å²) >= 11 is 0.